The number of nitrogens with two attached hydrogens (primary N) is 1. The molecule has 72 valence electrons. The first kappa shape index (κ1) is 10.2. The zero-order valence-corrected chi connectivity index (χ0v) is 7.11. The van der Waals surface area contributed by atoms with Crippen LogP contribution in [0.1, 0.15) is 5.56 Å². The Morgan fingerprint density at radius 3 is 2.69 bits per heavy atom. The Hall–Kier alpha value is -0.910. The second kappa shape index (κ2) is 3.87. The van der Waals surface area contributed by atoms with E-state index in [9.17, 15) is 8.78 Å². The number of phenolic OH excluding ortho intramolecular Hbond substituents is 1. The Bertz CT molecular complexity index is 307. The molecule has 0 bridgehead atoms. The van der Waals surface area contributed by atoms with Crippen molar-refractivity contribution in [1.29, 1.82) is 0 Å². The molecule has 0 aromatic heterocycles. The van der Waals surface area contributed by atoms with Crippen LogP contribution in [0.25, 0.3) is 0 Å². The molecule has 0 atom stereocenters. The predicted molar refractivity (Wildman–Crippen MR) is 42.0 cm³/mol. The molecule has 1 aromatic carbocycles. The lowest BCUT2D eigenvalue weighted by Crippen LogP contribution is -2.03. The third-order valence-electron chi connectivity index (χ3n) is 1.47. The predicted octanol–water partition coefficient (Wildman–Crippen LogP) is 1.71. The molecule has 0 saturated heterocycles. The van der Waals surface area contributed by atoms with Gasteiger partial charge in [-0.15, -0.1) is 0 Å². The lowest BCUT2D eigenvalue weighted by Gasteiger charge is -2.06. The van der Waals surface area contributed by atoms with Gasteiger partial charge < -0.3 is 5.11 Å². The van der Waals surface area contributed by atoms with E-state index in [2.05, 4.69) is 10.7 Å². The molecule has 1 aromatic rings. The van der Waals surface area contributed by atoms with Crippen molar-refractivity contribution in [2.45, 2.75) is 6.61 Å². The minimum atomic E-state index is -1.02. The lowest BCUT2D eigenvalue weighted by molar-refractivity contribution is 0.119. The van der Waals surface area contributed by atoms with Gasteiger partial charge in [0.1, 0.15) is 0 Å². The number of hydrogen-bond donors (Lipinski definition) is 2. The summed E-state index contributed by atoms with van der Waals surface area (Å²) in [7, 11) is 0. The van der Waals surface area contributed by atoms with Gasteiger partial charge in [0.25, 0.3) is 0 Å². The molecule has 3 N–H and O–H groups in total. The van der Waals surface area contributed by atoms with Crippen LogP contribution in [0.3, 0.4) is 0 Å². The second-order valence-corrected chi connectivity index (χ2v) is 2.70. The monoisotopic (exact) mass is 209 g/mol. The normalized spacial score (nSPS) is 10.5. The highest BCUT2D eigenvalue weighted by molar-refractivity contribution is 6.30. The van der Waals surface area contributed by atoms with Crippen LogP contribution in [0.15, 0.2) is 6.07 Å². The smallest absolute Gasteiger partial charge is 0.166 e. The lowest BCUT2D eigenvalue weighted by atomic mass is 10.2. The molecule has 1 rings (SSSR count). The Labute approximate surface area is 77.6 Å². The van der Waals surface area contributed by atoms with E-state index in [1.807, 2.05) is 0 Å². The number of aromatic hydroxyl groups is 1. The van der Waals surface area contributed by atoms with Crippen LogP contribution in [0.4, 0.5) is 8.78 Å². The maximum atomic E-state index is 13.0. The van der Waals surface area contributed by atoms with Crippen molar-refractivity contribution < 1.29 is 18.7 Å². The highest BCUT2D eigenvalue weighted by Gasteiger charge is 2.16. The van der Waals surface area contributed by atoms with E-state index < -0.39 is 34.6 Å². The molecule has 0 radical (unpaired) electrons. The van der Waals surface area contributed by atoms with Crippen molar-refractivity contribution >= 4 is 11.6 Å². The van der Waals surface area contributed by atoms with Gasteiger partial charge in [0, 0.05) is 0 Å². The van der Waals surface area contributed by atoms with Crippen LogP contribution in [0.2, 0.25) is 5.02 Å². The van der Waals surface area contributed by atoms with Crippen LogP contribution in [0, 0.1) is 11.6 Å². The maximum absolute atomic E-state index is 13.0. The fraction of sp³-hybridized carbons (Fsp3) is 0.143. The van der Waals surface area contributed by atoms with Crippen LogP contribution in [-0.4, -0.2) is 5.11 Å². The third-order valence-corrected chi connectivity index (χ3v) is 1.74. The summed E-state index contributed by atoms with van der Waals surface area (Å²) in [4.78, 5) is 4.07. The maximum Gasteiger partial charge on any atom is 0.166 e. The molecule has 0 saturated carbocycles. The van der Waals surface area contributed by atoms with Gasteiger partial charge in [-0.05, 0) is 6.07 Å². The molecule has 13 heavy (non-hydrogen) atoms. The van der Waals surface area contributed by atoms with Crippen molar-refractivity contribution in [3.05, 3.63) is 28.3 Å². The average molecular weight is 210 g/mol. The average Bonchev–Trinajstić information content (AvgIpc) is 2.09. The molecular formula is C7H6ClF2NO2. The number of benzene rings is 1. The van der Waals surface area contributed by atoms with Gasteiger partial charge in [-0.2, -0.15) is 0 Å². The fourth-order valence-electron chi connectivity index (χ4n) is 0.850. The van der Waals surface area contributed by atoms with E-state index in [0.29, 0.717) is 6.07 Å². The Kier molecular flexibility index (Phi) is 3.02. The Balaban J connectivity index is 3.28. The molecule has 0 spiro atoms. The minimum Gasteiger partial charge on any atom is -0.504 e. The summed E-state index contributed by atoms with van der Waals surface area (Å²) >= 11 is 5.30. The van der Waals surface area contributed by atoms with Gasteiger partial charge in [0.05, 0.1) is 17.2 Å². The molecule has 6 heteroatoms. The van der Waals surface area contributed by atoms with E-state index in [-0.39, 0.29) is 0 Å². The van der Waals surface area contributed by atoms with Crippen molar-refractivity contribution in [3.63, 3.8) is 0 Å². The summed E-state index contributed by atoms with van der Waals surface area (Å²) in [6.45, 7) is -0.449. The van der Waals surface area contributed by atoms with Gasteiger partial charge >= 0.3 is 0 Å². The van der Waals surface area contributed by atoms with Crippen LogP contribution < -0.4 is 5.90 Å². The summed E-state index contributed by atoms with van der Waals surface area (Å²) in [5.41, 5.74) is -0.396. The topological polar surface area (TPSA) is 55.5 Å². The summed E-state index contributed by atoms with van der Waals surface area (Å²) < 4.78 is 25.8. The fourth-order valence-corrected chi connectivity index (χ4v) is 1.06. The second-order valence-electron chi connectivity index (χ2n) is 2.29. The van der Waals surface area contributed by atoms with Crippen molar-refractivity contribution in [1.82, 2.24) is 0 Å². The van der Waals surface area contributed by atoms with Crippen molar-refractivity contribution in [2.24, 2.45) is 5.90 Å². The van der Waals surface area contributed by atoms with E-state index in [0.717, 1.165) is 0 Å². The van der Waals surface area contributed by atoms with Gasteiger partial charge in [0.15, 0.2) is 17.4 Å². The van der Waals surface area contributed by atoms with Crippen molar-refractivity contribution in [2.75, 3.05) is 0 Å². The summed E-state index contributed by atoms with van der Waals surface area (Å²) in [6.07, 6.45) is 0. The van der Waals surface area contributed by atoms with Crippen LogP contribution >= 0.6 is 11.6 Å². The van der Waals surface area contributed by atoms with Crippen molar-refractivity contribution in [3.8, 4) is 5.75 Å². The molecule has 0 aliphatic carbocycles. The first-order valence-electron chi connectivity index (χ1n) is 3.25. The zero-order chi connectivity index (χ0) is 10.0. The van der Waals surface area contributed by atoms with Gasteiger partial charge in [-0.25, -0.2) is 14.7 Å². The van der Waals surface area contributed by atoms with Gasteiger partial charge in [-0.3, -0.25) is 4.84 Å². The molecular weight excluding hydrogens is 204 g/mol. The Morgan fingerprint density at radius 2 is 2.15 bits per heavy atom. The van der Waals surface area contributed by atoms with E-state index in [1.54, 1.807) is 0 Å². The van der Waals surface area contributed by atoms with Gasteiger partial charge in [0.2, 0.25) is 0 Å². The number of halogens is 3. The first-order valence-corrected chi connectivity index (χ1v) is 3.62. The molecule has 0 fully saturated rings. The zero-order valence-electron chi connectivity index (χ0n) is 6.35. The van der Waals surface area contributed by atoms with Gasteiger partial charge in [-0.1, -0.05) is 11.6 Å². The molecule has 0 heterocycles. The summed E-state index contributed by atoms with van der Waals surface area (Å²) in [6, 6.07) is 0.673. The summed E-state index contributed by atoms with van der Waals surface area (Å²) in [5.74, 6) is 1.86. The number of phenols is 1. The molecule has 3 nitrogen and oxygen atoms in total. The SMILES string of the molecule is NOCc1c(O)c(F)cc(Cl)c1F. The molecule has 0 amide bonds. The van der Waals surface area contributed by atoms with E-state index in [4.69, 9.17) is 16.7 Å². The largest absolute Gasteiger partial charge is 0.504 e. The standard InChI is InChI=1S/C7H6ClF2NO2/c8-4-1-5(9)7(12)3(2-13-11)6(4)10/h1,12H,2,11H2. The highest BCUT2D eigenvalue weighted by atomic mass is 35.5. The Morgan fingerprint density at radius 1 is 1.54 bits per heavy atom. The minimum absolute atomic E-state index is 0.396. The van der Waals surface area contributed by atoms with Crippen LogP contribution in [-0.2, 0) is 11.4 Å². The quantitative estimate of drug-likeness (QED) is 0.576. The third kappa shape index (κ3) is 1.88. The molecule has 0 aliphatic heterocycles. The number of rotatable bonds is 2. The van der Waals surface area contributed by atoms with E-state index in [1.165, 1.54) is 0 Å². The summed E-state index contributed by atoms with van der Waals surface area (Å²) in [5, 5.41) is 8.60. The first-order chi connectivity index (χ1) is 6.07. The van der Waals surface area contributed by atoms with E-state index >= 15 is 0 Å². The highest BCUT2D eigenvalue weighted by Crippen LogP contribution is 2.29. The molecule has 0 unspecified atom stereocenters. The number of hydrogen-bond acceptors (Lipinski definition) is 3. The van der Waals surface area contributed by atoms with Crippen LogP contribution in [0.5, 0.6) is 5.75 Å². The molecule has 0 aliphatic rings.